The molecule has 2 unspecified atom stereocenters. The van der Waals surface area contributed by atoms with E-state index in [2.05, 4.69) is 26.0 Å². The maximum atomic E-state index is 5.98. The minimum absolute atomic E-state index is 0.0947. The van der Waals surface area contributed by atoms with Gasteiger partial charge in [-0.25, -0.2) is 0 Å². The van der Waals surface area contributed by atoms with E-state index in [1.807, 2.05) is 11.3 Å². The Kier molecular flexibility index (Phi) is 2.64. The summed E-state index contributed by atoms with van der Waals surface area (Å²) in [6.07, 6.45) is 2.46. The molecule has 1 fully saturated rings. The van der Waals surface area contributed by atoms with Gasteiger partial charge in [-0.15, -0.1) is 11.3 Å². The van der Waals surface area contributed by atoms with E-state index in [4.69, 9.17) is 10.5 Å². The van der Waals surface area contributed by atoms with Gasteiger partial charge in [-0.3, -0.25) is 0 Å². The van der Waals surface area contributed by atoms with Crippen molar-refractivity contribution in [2.75, 3.05) is 6.54 Å². The summed E-state index contributed by atoms with van der Waals surface area (Å²) in [4.78, 5) is 2.70. The highest BCUT2D eigenvalue weighted by Gasteiger charge is 2.35. The fraction of sp³-hybridized carbons (Fsp3) is 0.636. The third-order valence-electron chi connectivity index (χ3n) is 2.87. The van der Waals surface area contributed by atoms with Crippen LogP contribution in [0.4, 0.5) is 0 Å². The van der Waals surface area contributed by atoms with Crippen molar-refractivity contribution in [1.82, 2.24) is 0 Å². The second-order valence-electron chi connectivity index (χ2n) is 4.25. The summed E-state index contributed by atoms with van der Waals surface area (Å²) in [7, 11) is 0. The first-order valence-corrected chi connectivity index (χ1v) is 5.89. The van der Waals surface area contributed by atoms with E-state index in [1.54, 1.807) is 0 Å². The molecule has 2 atom stereocenters. The molecular formula is C11H17NOS. The molecule has 1 saturated heterocycles. The summed E-state index contributed by atoms with van der Waals surface area (Å²) in [5.41, 5.74) is 5.60. The second-order valence-corrected chi connectivity index (χ2v) is 5.57. The molecule has 2 N–H and O–H groups in total. The van der Waals surface area contributed by atoms with Gasteiger partial charge in [0.2, 0.25) is 0 Å². The molecule has 2 heterocycles. The molecule has 0 aliphatic carbocycles. The van der Waals surface area contributed by atoms with Crippen LogP contribution in [-0.2, 0) is 4.74 Å². The van der Waals surface area contributed by atoms with E-state index < -0.39 is 0 Å². The smallest absolute Gasteiger partial charge is 0.0926 e. The zero-order valence-electron chi connectivity index (χ0n) is 8.75. The average molecular weight is 211 g/mol. The van der Waals surface area contributed by atoms with Gasteiger partial charge < -0.3 is 10.5 Å². The monoisotopic (exact) mass is 211 g/mol. The molecule has 1 aliphatic heterocycles. The minimum Gasteiger partial charge on any atom is -0.365 e. The van der Waals surface area contributed by atoms with Crippen molar-refractivity contribution in [3.63, 3.8) is 0 Å². The second kappa shape index (κ2) is 3.65. The Labute approximate surface area is 89.1 Å². The molecule has 0 spiro atoms. The molecule has 14 heavy (non-hydrogen) atoms. The minimum atomic E-state index is -0.0947. The van der Waals surface area contributed by atoms with E-state index in [0.29, 0.717) is 6.54 Å². The number of thiophene rings is 1. The van der Waals surface area contributed by atoms with E-state index in [1.165, 1.54) is 9.75 Å². The van der Waals surface area contributed by atoms with Gasteiger partial charge >= 0.3 is 0 Å². The molecule has 3 heteroatoms. The van der Waals surface area contributed by atoms with Crippen molar-refractivity contribution in [3.05, 3.63) is 21.9 Å². The normalized spacial score (nSPS) is 32.4. The summed E-state index contributed by atoms with van der Waals surface area (Å²) >= 11 is 1.83. The van der Waals surface area contributed by atoms with Gasteiger partial charge in [-0.2, -0.15) is 0 Å². The van der Waals surface area contributed by atoms with Gasteiger partial charge in [0, 0.05) is 16.3 Å². The number of rotatable bonds is 2. The highest BCUT2D eigenvalue weighted by Crippen LogP contribution is 2.40. The van der Waals surface area contributed by atoms with Crippen LogP contribution >= 0.6 is 11.3 Å². The van der Waals surface area contributed by atoms with Crippen LogP contribution in [0.2, 0.25) is 0 Å². The Balaban J connectivity index is 2.09. The third kappa shape index (κ3) is 1.85. The van der Waals surface area contributed by atoms with Crippen molar-refractivity contribution in [1.29, 1.82) is 0 Å². The highest BCUT2D eigenvalue weighted by atomic mass is 32.1. The Morgan fingerprint density at radius 1 is 1.64 bits per heavy atom. The van der Waals surface area contributed by atoms with Crippen LogP contribution in [0.25, 0.3) is 0 Å². The van der Waals surface area contributed by atoms with Gasteiger partial charge in [-0.05, 0) is 38.8 Å². The van der Waals surface area contributed by atoms with E-state index in [-0.39, 0.29) is 11.7 Å². The Hall–Kier alpha value is -0.380. The molecule has 1 aromatic heterocycles. The lowest BCUT2D eigenvalue weighted by atomic mass is 10.0. The molecule has 1 aromatic rings. The number of ether oxygens (including phenoxy) is 1. The predicted molar refractivity (Wildman–Crippen MR) is 59.6 cm³/mol. The van der Waals surface area contributed by atoms with E-state index >= 15 is 0 Å². The molecule has 0 saturated carbocycles. The van der Waals surface area contributed by atoms with E-state index in [9.17, 15) is 0 Å². The summed E-state index contributed by atoms with van der Waals surface area (Å²) < 4.78 is 5.98. The fourth-order valence-corrected chi connectivity index (χ4v) is 2.82. The van der Waals surface area contributed by atoms with Crippen LogP contribution in [0.1, 0.15) is 35.6 Å². The van der Waals surface area contributed by atoms with Crippen LogP contribution < -0.4 is 5.73 Å². The lowest BCUT2D eigenvalue weighted by molar-refractivity contribution is -0.0215. The lowest BCUT2D eigenvalue weighted by Gasteiger charge is -2.22. The van der Waals surface area contributed by atoms with Crippen molar-refractivity contribution in [3.8, 4) is 0 Å². The zero-order valence-corrected chi connectivity index (χ0v) is 9.56. The average Bonchev–Trinajstić information content (AvgIpc) is 2.73. The van der Waals surface area contributed by atoms with Crippen LogP contribution in [0, 0.1) is 6.92 Å². The standard InChI is InChI=1S/C11H17NOS/c1-8-3-4-10(14-8)9-5-6-11(2,7-12)13-9/h3-4,9H,5-7,12H2,1-2H3. The van der Waals surface area contributed by atoms with Gasteiger partial charge in [-0.1, -0.05) is 0 Å². The Bertz CT molecular complexity index is 323. The SMILES string of the molecule is Cc1ccc(C2CCC(C)(CN)O2)s1. The maximum Gasteiger partial charge on any atom is 0.0926 e. The molecule has 0 radical (unpaired) electrons. The molecule has 0 bridgehead atoms. The van der Waals surface area contributed by atoms with Crippen LogP contribution in [0.15, 0.2) is 12.1 Å². The topological polar surface area (TPSA) is 35.2 Å². The van der Waals surface area contributed by atoms with Crippen molar-refractivity contribution < 1.29 is 4.74 Å². The van der Waals surface area contributed by atoms with Gasteiger partial charge in [0.1, 0.15) is 0 Å². The van der Waals surface area contributed by atoms with Crippen molar-refractivity contribution in [2.24, 2.45) is 5.73 Å². The quantitative estimate of drug-likeness (QED) is 0.816. The lowest BCUT2D eigenvalue weighted by Crippen LogP contribution is -2.33. The fourth-order valence-electron chi connectivity index (χ4n) is 1.87. The molecule has 78 valence electrons. The van der Waals surface area contributed by atoms with Crippen molar-refractivity contribution in [2.45, 2.75) is 38.4 Å². The van der Waals surface area contributed by atoms with Crippen LogP contribution in [-0.4, -0.2) is 12.1 Å². The zero-order chi connectivity index (χ0) is 10.2. The summed E-state index contributed by atoms with van der Waals surface area (Å²) in [6, 6.07) is 4.33. The first-order chi connectivity index (χ1) is 6.63. The van der Waals surface area contributed by atoms with Crippen LogP contribution in [0.5, 0.6) is 0 Å². The largest absolute Gasteiger partial charge is 0.365 e. The Morgan fingerprint density at radius 3 is 2.93 bits per heavy atom. The molecule has 0 aromatic carbocycles. The number of hydrogen-bond donors (Lipinski definition) is 1. The molecule has 0 amide bonds. The molecule has 1 aliphatic rings. The first kappa shape index (κ1) is 10.1. The van der Waals surface area contributed by atoms with Gasteiger partial charge in [0.25, 0.3) is 0 Å². The third-order valence-corrected chi connectivity index (χ3v) is 3.97. The highest BCUT2D eigenvalue weighted by molar-refractivity contribution is 7.12. The number of nitrogens with two attached hydrogens (primary N) is 1. The van der Waals surface area contributed by atoms with Crippen LogP contribution in [0.3, 0.4) is 0 Å². The predicted octanol–water partition coefficient (Wildman–Crippen LogP) is 2.63. The summed E-state index contributed by atoms with van der Waals surface area (Å²) in [6.45, 7) is 4.85. The number of hydrogen-bond acceptors (Lipinski definition) is 3. The molecule has 2 nitrogen and oxygen atoms in total. The molecular weight excluding hydrogens is 194 g/mol. The van der Waals surface area contributed by atoms with Gasteiger partial charge in [0.05, 0.1) is 11.7 Å². The van der Waals surface area contributed by atoms with Gasteiger partial charge in [0.15, 0.2) is 0 Å². The van der Waals surface area contributed by atoms with E-state index in [0.717, 1.165) is 12.8 Å². The molecule has 2 rings (SSSR count). The number of aryl methyl sites for hydroxylation is 1. The van der Waals surface area contributed by atoms with Crippen molar-refractivity contribution >= 4 is 11.3 Å². The first-order valence-electron chi connectivity index (χ1n) is 5.07. The summed E-state index contributed by atoms with van der Waals surface area (Å²) in [5, 5.41) is 0. The Morgan fingerprint density at radius 2 is 2.43 bits per heavy atom. The summed E-state index contributed by atoms with van der Waals surface area (Å²) in [5.74, 6) is 0. The maximum absolute atomic E-state index is 5.98.